The molecule has 0 radical (unpaired) electrons. The SMILES string of the molecule is C#CCCCn1c(Br)nc2c(N)ncnc21. The van der Waals surface area contributed by atoms with Gasteiger partial charge in [-0.05, 0) is 22.4 Å². The fourth-order valence-corrected chi connectivity index (χ4v) is 1.99. The molecular weight excluding hydrogens is 270 g/mol. The summed E-state index contributed by atoms with van der Waals surface area (Å²) in [6.45, 7) is 0.762. The fraction of sp³-hybridized carbons (Fsp3) is 0.300. The van der Waals surface area contributed by atoms with Crippen molar-refractivity contribution in [1.29, 1.82) is 0 Å². The summed E-state index contributed by atoms with van der Waals surface area (Å²) in [5.74, 6) is 2.99. The van der Waals surface area contributed by atoms with Crippen LogP contribution in [0.4, 0.5) is 5.82 Å². The number of nitrogen functional groups attached to an aromatic ring is 1. The summed E-state index contributed by atoms with van der Waals surface area (Å²) in [4.78, 5) is 12.3. The highest BCUT2D eigenvalue weighted by Gasteiger charge is 2.11. The quantitative estimate of drug-likeness (QED) is 0.526. The van der Waals surface area contributed by atoms with Crippen LogP contribution in [0.2, 0.25) is 0 Å². The molecule has 0 amide bonds. The van der Waals surface area contributed by atoms with E-state index in [0.717, 1.165) is 25.0 Å². The summed E-state index contributed by atoms with van der Waals surface area (Å²) in [6, 6.07) is 0. The van der Waals surface area contributed by atoms with Gasteiger partial charge in [-0.3, -0.25) is 0 Å². The lowest BCUT2D eigenvalue weighted by Gasteiger charge is -2.02. The molecule has 2 N–H and O–H groups in total. The molecule has 2 heterocycles. The molecule has 0 fully saturated rings. The van der Waals surface area contributed by atoms with Gasteiger partial charge < -0.3 is 10.3 Å². The van der Waals surface area contributed by atoms with Crippen molar-refractivity contribution in [3.8, 4) is 12.3 Å². The van der Waals surface area contributed by atoms with Crippen molar-refractivity contribution in [3.05, 3.63) is 11.1 Å². The molecule has 0 spiro atoms. The molecule has 6 heteroatoms. The number of fused-ring (bicyclic) bond motifs is 1. The van der Waals surface area contributed by atoms with Gasteiger partial charge in [-0.1, -0.05) is 0 Å². The molecule has 2 aromatic heterocycles. The van der Waals surface area contributed by atoms with E-state index in [4.69, 9.17) is 12.2 Å². The lowest BCUT2D eigenvalue weighted by Crippen LogP contribution is -2.00. The maximum Gasteiger partial charge on any atom is 0.179 e. The second-order valence-corrected chi connectivity index (χ2v) is 3.98. The number of hydrogen-bond acceptors (Lipinski definition) is 4. The van der Waals surface area contributed by atoms with Gasteiger partial charge in [-0.2, -0.15) is 0 Å². The summed E-state index contributed by atoms with van der Waals surface area (Å²) < 4.78 is 2.64. The average molecular weight is 280 g/mol. The van der Waals surface area contributed by atoms with Crippen molar-refractivity contribution >= 4 is 32.9 Å². The van der Waals surface area contributed by atoms with Crippen molar-refractivity contribution in [1.82, 2.24) is 19.5 Å². The van der Waals surface area contributed by atoms with Gasteiger partial charge in [0.15, 0.2) is 21.7 Å². The van der Waals surface area contributed by atoms with Crippen molar-refractivity contribution in [2.24, 2.45) is 0 Å². The predicted octanol–water partition coefficient (Wildman–Crippen LogP) is 1.58. The Labute approximate surface area is 101 Å². The highest BCUT2D eigenvalue weighted by Crippen LogP contribution is 2.21. The van der Waals surface area contributed by atoms with Crippen LogP contribution in [0.25, 0.3) is 11.2 Å². The van der Waals surface area contributed by atoms with Crippen molar-refractivity contribution in [2.75, 3.05) is 5.73 Å². The lowest BCUT2D eigenvalue weighted by molar-refractivity contribution is 0.654. The molecule has 5 nitrogen and oxygen atoms in total. The van der Waals surface area contributed by atoms with Gasteiger partial charge in [0.05, 0.1) is 0 Å². The Morgan fingerprint density at radius 1 is 1.50 bits per heavy atom. The minimum Gasteiger partial charge on any atom is -0.382 e. The minimum atomic E-state index is 0.390. The smallest absolute Gasteiger partial charge is 0.179 e. The van der Waals surface area contributed by atoms with Gasteiger partial charge >= 0.3 is 0 Å². The third kappa shape index (κ3) is 1.86. The standard InChI is InChI=1S/C10H10BrN5/c1-2-3-4-5-16-9-7(15-10(16)11)8(12)13-6-14-9/h1,6H,3-5H2,(H2,12,13,14). The summed E-state index contributed by atoms with van der Waals surface area (Å²) >= 11 is 3.37. The number of rotatable bonds is 3. The fourth-order valence-electron chi connectivity index (χ4n) is 1.46. The molecule has 0 aromatic carbocycles. The van der Waals surface area contributed by atoms with Crippen LogP contribution in [0.3, 0.4) is 0 Å². The first-order chi connectivity index (χ1) is 7.74. The second kappa shape index (κ2) is 4.49. The van der Waals surface area contributed by atoms with E-state index >= 15 is 0 Å². The van der Waals surface area contributed by atoms with E-state index in [1.165, 1.54) is 6.33 Å². The summed E-state index contributed by atoms with van der Waals surface area (Å²) in [6.07, 6.45) is 8.25. The van der Waals surface area contributed by atoms with Gasteiger partial charge in [0, 0.05) is 13.0 Å². The number of aryl methyl sites for hydroxylation is 1. The van der Waals surface area contributed by atoms with Gasteiger partial charge in [0.1, 0.15) is 6.33 Å². The number of halogens is 1. The topological polar surface area (TPSA) is 69.6 Å². The Morgan fingerprint density at radius 3 is 3.06 bits per heavy atom. The predicted molar refractivity (Wildman–Crippen MR) is 65.5 cm³/mol. The van der Waals surface area contributed by atoms with Crippen LogP contribution in [0.1, 0.15) is 12.8 Å². The molecule has 0 aliphatic carbocycles. The van der Waals surface area contributed by atoms with E-state index in [-0.39, 0.29) is 0 Å². The van der Waals surface area contributed by atoms with Crippen molar-refractivity contribution < 1.29 is 0 Å². The third-order valence-electron chi connectivity index (χ3n) is 2.22. The summed E-state index contributed by atoms with van der Waals surface area (Å²) in [5, 5.41) is 0. The molecule has 82 valence electrons. The first kappa shape index (κ1) is 10.9. The molecular formula is C10H10BrN5. The maximum absolute atomic E-state index is 5.71. The lowest BCUT2D eigenvalue weighted by atomic mass is 10.3. The van der Waals surface area contributed by atoms with E-state index in [0.29, 0.717) is 16.1 Å². The number of terminal acetylenes is 1. The average Bonchev–Trinajstić information content (AvgIpc) is 2.58. The van der Waals surface area contributed by atoms with E-state index < -0.39 is 0 Å². The van der Waals surface area contributed by atoms with Crippen LogP contribution in [0.5, 0.6) is 0 Å². The zero-order valence-corrected chi connectivity index (χ0v) is 10.1. The Bertz CT molecular complexity index is 554. The zero-order chi connectivity index (χ0) is 11.5. The molecule has 0 aliphatic rings. The van der Waals surface area contributed by atoms with E-state index in [2.05, 4.69) is 36.8 Å². The van der Waals surface area contributed by atoms with Gasteiger partial charge in [-0.25, -0.2) is 15.0 Å². The number of unbranched alkanes of at least 4 members (excludes halogenated alkanes) is 1. The van der Waals surface area contributed by atoms with Crippen LogP contribution in [0.15, 0.2) is 11.1 Å². The van der Waals surface area contributed by atoms with Crippen LogP contribution >= 0.6 is 15.9 Å². The normalized spacial score (nSPS) is 10.5. The van der Waals surface area contributed by atoms with Crippen LogP contribution in [0, 0.1) is 12.3 Å². The molecule has 0 saturated heterocycles. The van der Waals surface area contributed by atoms with Gasteiger partial charge in [0.25, 0.3) is 0 Å². The van der Waals surface area contributed by atoms with Crippen LogP contribution < -0.4 is 5.73 Å². The summed E-state index contributed by atoms with van der Waals surface area (Å²) in [5.41, 5.74) is 7.07. The number of nitrogens with two attached hydrogens (primary N) is 1. The van der Waals surface area contributed by atoms with Crippen molar-refractivity contribution in [2.45, 2.75) is 19.4 Å². The van der Waals surface area contributed by atoms with Crippen LogP contribution in [-0.2, 0) is 6.54 Å². The van der Waals surface area contributed by atoms with Crippen LogP contribution in [-0.4, -0.2) is 19.5 Å². The molecule has 0 aliphatic heterocycles. The summed E-state index contributed by atoms with van der Waals surface area (Å²) in [7, 11) is 0. The van der Waals surface area contributed by atoms with E-state index in [1.807, 2.05) is 4.57 Å². The highest BCUT2D eigenvalue weighted by atomic mass is 79.9. The molecule has 0 atom stereocenters. The largest absolute Gasteiger partial charge is 0.382 e. The Hall–Kier alpha value is -1.61. The number of hydrogen-bond donors (Lipinski definition) is 1. The number of anilines is 1. The maximum atomic E-state index is 5.71. The first-order valence-electron chi connectivity index (χ1n) is 4.79. The third-order valence-corrected chi connectivity index (χ3v) is 2.82. The number of imidazole rings is 1. The zero-order valence-electron chi connectivity index (χ0n) is 8.52. The monoisotopic (exact) mass is 279 g/mol. The van der Waals surface area contributed by atoms with E-state index in [9.17, 15) is 0 Å². The molecule has 2 rings (SSSR count). The first-order valence-corrected chi connectivity index (χ1v) is 5.59. The van der Waals surface area contributed by atoms with Gasteiger partial charge in [0.2, 0.25) is 0 Å². The Balaban J connectivity index is 2.41. The molecule has 0 saturated carbocycles. The molecule has 16 heavy (non-hydrogen) atoms. The molecule has 2 aromatic rings. The van der Waals surface area contributed by atoms with Crippen molar-refractivity contribution in [3.63, 3.8) is 0 Å². The van der Waals surface area contributed by atoms with E-state index in [1.54, 1.807) is 0 Å². The molecule has 0 unspecified atom stereocenters. The minimum absolute atomic E-state index is 0.390. The molecule has 0 bridgehead atoms. The highest BCUT2D eigenvalue weighted by molar-refractivity contribution is 9.10. The van der Waals surface area contributed by atoms with Gasteiger partial charge in [-0.15, -0.1) is 12.3 Å². The number of nitrogens with zero attached hydrogens (tertiary/aromatic N) is 4. The second-order valence-electron chi connectivity index (χ2n) is 3.27. The Morgan fingerprint density at radius 2 is 2.31 bits per heavy atom. The number of aromatic nitrogens is 4. The Kier molecular flexibility index (Phi) is 3.06.